The largest absolute Gasteiger partial charge is 0.396 e. The molecular formula is C13H23N3O. The molecule has 0 spiro atoms. The SMILES string of the molecule is Cn1nccc1CCNC1CCCCC1CO. The fourth-order valence-corrected chi connectivity index (χ4v) is 2.73. The Kier molecular flexibility index (Phi) is 4.57. The van der Waals surface area contributed by atoms with Crippen LogP contribution in [-0.2, 0) is 13.5 Å². The fourth-order valence-electron chi connectivity index (χ4n) is 2.73. The average Bonchev–Trinajstić information content (AvgIpc) is 2.76. The van der Waals surface area contributed by atoms with Crippen LogP contribution in [0, 0.1) is 5.92 Å². The topological polar surface area (TPSA) is 50.1 Å². The molecule has 0 radical (unpaired) electrons. The highest BCUT2D eigenvalue weighted by atomic mass is 16.3. The van der Waals surface area contributed by atoms with Gasteiger partial charge in [-0.25, -0.2) is 0 Å². The van der Waals surface area contributed by atoms with E-state index in [1.54, 1.807) is 0 Å². The predicted octanol–water partition coefficient (Wildman–Crippen LogP) is 1.10. The molecule has 1 aliphatic carbocycles. The molecule has 1 saturated carbocycles. The van der Waals surface area contributed by atoms with Gasteiger partial charge < -0.3 is 10.4 Å². The highest BCUT2D eigenvalue weighted by Crippen LogP contribution is 2.23. The van der Waals surface area contributed by atoms with Crippen LogP contribution in [-0.4, -0.2) is 34.1 Å². The van der Waals surface area contributed by atoms with Gasteiger partial charge in [0.05, 0.1) is 0 Å². The van der Waals surface area contributed by atoms with Crippen LogP contribution in [0.5, 0.6) is 0 Å². The van der Waals surface area contributed by atoms with Gasteiger partial charge in [-0.1, -0.05) is 12.8 Å². The van der Waals surface area contributed by atoms with Crippen LogP contribution in [0.3, 0.4) is 0 Å². The molecule has 0 amide bonds. The molecule has 0 saturated heterocycles. The molecule has 1 fully saturated rings. The van der Waals surface area contributed by atoms with Crippen LogP contribution in [0.4, 0.5) is 0 Å². The standard InChI is InChI=1S/C13H23N3O/c1-16-12(7-9-15-16)6-8-14-13-5-3-2-4-11(13)10-17/h7,9,11,13-14,17H,2-6,8,10H2,1H3. The lowest BCUT2D eigenvalue weighted by Crippen LogP contribution is -2.41. The van der Waals surface area contributed by atoms with Gasteiger partial charge in [0, 0.05) is 44.6 Å². The minimum Gasteiger partial charge on any atom is -0.396 e. The first-order chi connectivity index (χ1) is 8.31. The summed E-state index contributed by atoms with van der Waals surface area (Å²) in [5, 5.41) is 17.1. The predicted molar refractivity (Wildman–Crippen MR) is 67.7 cm³/mol. The first kappa shape index (κ1) is 12.6. The molecule has 0 aliphatic heterocycles. The molecule has 4 heteroatoms. The molecule has 1 heterocycles. The molecule has 4 nitrogen and oxygen atoms in total. The summed E-state index contributed by atoms with van der Waals surface area (Å²) in [5.74, 6) is 0.454. The van der Waals surface area contributed by atoms with E-state index in [1.807, 2.05) is 17.9 Å². The lowest BCUT2D eigenvalue weighted by atomic mass is 9.85. The first-order valence-electron chi connectivity index (χ1n) is 6.62. The number of hydrogen-bond donors (Lipinski definition) is 2. The van der Waals surface area contributed by atoms with Crippen molar-refractivity contribution in [2.24, 2.45) is 13.0 Å². The Morgan fingerprint density at radius 2 is 2.29 bits per heavy atom. The summed E-state index contributed by atoms with van der Waals surface area (Å²) < 4.78 is 1.92. The van der Waals surface area contributed by atoms with Gasteiger partial charge in [0.25, 0.3) is 0 Å². The highest BCUT2D eigenvalue weighted by molar-refractivity contribution is 5.00. The molecule has 0 aromatic carbocycles. The van der Waals surface area contributed by atoms with Crippen molar-refractivity contribution in [2.45, 2.75) is 38.1 Å². The third-order valence-corrected chi connectivity index (χ3v) is 3.85. The molecule has 17 heavy (non-hydrogen) atoms. The minimum atomic E-state index is 0.323. The van der Waals surface area contributed by atoms with Gasteiger partial charge in [0.2, 0.25) is 0 Å². The van der Waals surface area contributed by atoms with E-state index in [0.29, 0.717) is 18.6 Å². The van der Waals surface area contributed by atoms with Crippen molar-refractivity contribution < 1.29 is 5.11 Å². The maximum absolute atomic E-state index is 9.33. The van der Waals surface area contributed by atoms with Crippen molar-refractivity contribution >= 4 is 0 Å². The second-order valence-electron chi connectivity index (χ2n) is 4.98. The van der Waals surface area contributed by atoms with Crippen LogP contribution >= 0.6 is 0 Å². The van der Waals surface area contributed by atoms with Crippen LogP contribution < -0.4 is 5.32 Å². The molecule has 1 aromatic heterocycles. The minimum absolute atomic E-state index is 0.323. The van der Waals surface area contributed by atoms with Crippen molar-refractivity contribution in [3.63, 3.8) is 0 Å². The summed E-state index contributed by atoms with van der Waals surface area (Å²) in [6.45, 7) is 1.30. The van der Waals surface area contributed by atoms with Crippen LogP contribution in [0.15, 0.2) is 12.3 Å². The van der Waals surface area contributed by atoms with Crippen LogP contribution in [0.1, 0.15) is 31.4 Å². The molecule has 2 unspecified atom stereocenters. The summed E-state index contributed by atoms with van der Waals surface area (Å²) in [4.78, 5) is 0. The number of rotatable bonds is 5. The van der Waals surface area contributed by atoms with Crippen molar-refractivity contribution in [2.75, 3.05) is 13.2 Å². The highest BCUT2D eigenvalue weighted by Gasteiger charge is 2.23. The van der Waals surface area contributed by atoms with Crippen molar-refractivity contribution in [1.82, 2.24) is 15.1 Å². The van der Waals surface area contributed by atoms with E-state index < -0.39 is 0 Å². The maximum Gasteiger partial charge on any atom is 0.0492 e. The molecule has 0 bridgehead atoms. The Morgan fingerprint density at radius 1 is 1.47 bits per heavy atom. The molecule has 2 rings (SSSR count). The van der Waals surface area contributed by atoms with Gasteiger partial charge >= 0.3 is 0 Å². The lowest BCUT2D eigenvalue weighted by Gasteiger charge is -2.31. The van der Waals surface area contributed by atoms with E-state index >= 15 is 0 Å². The van der Waals surface area contributed by atoms with Crippen molar-refractivity contribution in [3.05, 3.63) is 18.0 Å². The third kappa shape index (κ3) is 3.30. The molecule has 1 aromatic rings. The number of aliphatic hydroxyl groups is 1. The van der Waals surface area contributed by atoms with Gasteiger partial charge in [0.1, 0.15) is 0 Å². The van der Waals surface area contributed by atoms with Gasteiger partial charge in [0.15, 0.2) is 0 Å². The summed E-state index contributed by atoms with van der Waals surface area (Å²) in [7, 11) is 1.98. The fraction of sp³-hybridized carbons (Fsp3) is 0.769. The molecule has 1 aliphatic rings. The third-order valence-electron chi connectivity index (χ3n) is 3.85. The van der Waals surface area contributed by atoms with Crippen molar-refractivity contribution in [1.29, 1.82) is 0 Å². The van der Waals surface area contributed by atoms with E-state index in [9.17, 15) is 5.11 Å². The van der Waals surface area contributed by atoms with E-state index in [1.165, 1.54) is 31.4 Å². The van der Waals surface area contributed by atoms with Gasteiger partial charge in [-0.15, -0.1) is 0 Å². The monoisotopic (exact) mass is 237 g/mol. The second-order valence-corrected chi connectivity index (χ2v) is 4.98. The summed E-state index contributed by atoms with van der Waals surface area (Å²) >= 11 is 0. The Hall–Kier alpha value is -0.870. The zero-order chi connectivity index (χ0) is 12.1. The van der Waals surface area contributed by atoms with Gasteiger partial charge in [-0.2, -0.15) is 5.10 Å². The number of hydrogen-bond acceptors (Lipinski definition) is 3. The number of nitrogens with zero attached hydrogens (tertiary/aromatic N) is 2. The zero-order valence-electron chi connectivity index (χ0n) is 10.6. The first-order valence-corrected chi connectivity index (χ1v) is 6.62. The molecule has 2 N–H and O–H groups in total. The summed E-state index contributed by atoms with van der Waals surface area (Å²) in [6, 6.07) is 2.56. The Labute approximate surface area is 103 Å². The van der Waals surface area contributed by atoms with Gasteiger partial charge in [-0.3, -0.25) is 4.68 Å². The number of aliphatic hydroxyl groups excluding tert-OH is 1. The quantitative estimate of drug-likeness (QED) is 0.806. The van der Waals surface area contributed by atoms with E-state index in [4.69, 9.17) is 0 Å². The zero-order valence-corrected chi connectivity index (χ0v) is 10.6. The second kappa shape index (κ2) is 6.17. The summed E-state index contributed by atoms with van der Waals surface area (Å²) in [5.41, 5.74) is 1.26. The molecule has 96 valence electrons. The normalized spacial score (nSPS) is 25.1. The molecular weight excluding hydrogens is 214 g/mol. The average molecular weight is 237 g/mol. The lowest BCUT2D eigenvalue weighted by molar-refractivity contribution is 0.153. The van der Waals surface area contributed by atoms with Gasteiger partial charge in [-0.05, 0) is 24.8 Å². The van der Waals surface area contributed by atoms with E-state index in [-0.39, 0.29) is 0 Å². The van der Waals surface area contributed by atoms with E-state index in [0.717, 1.165) is 13.0 Å². The van der Waals surface area contributed by atoms with E-state index in [2.05, 4.69) is 16.5 Å². The molecule has 2 atom stereocenters. The maximum atomic E-state index is 9.33. The van der Waals surface area contributed by atoms with Crippen molar-refractivity contribution in [3.8, 4) is 0 Å². The van der Waals surface area contributed by atoms with Crippen LogP contribution in [0.2, 0.25) is 0 Å². The Morgan fingerprint density at radius 3 is 3.00 bits per heavy atom. The Balaban J connectivity index is 1.75. The number of aryl methyl sites for hydroxylation is 1. The number of nitrogens with one attached hydrogen (secondary N) is 1. The smallest absolute Gasteiger partial charge is 0.0492 e. The van der Waals surface area contributed by atoms with Crippen LogP contribution in [0.25, 0.3) is 0 Å². The number of aromatic nitrogens is 2. The summed E-state index contributed by atoms with van der Waals surface area (Å²) in [6.07, 6.45) is 7.78. The Bertz CT molecular complexity index is 337.